The lowest BCUT2D eigenvalue weighted by Crippen LogP contribution is -2.19. The van der Waals surface area contributed by atoms with E-state index in [-0.39, 0.29) is 0 Å². The summed E-state index contributed by atoms with van der Waals surface area (Å²) in [5.41, 5.74) is 0. The summed E-state index contributed by atoms with van der Waals surface area (Å²) in [6.07, 6.45) is 13.7. The predicted octanol–water partition coefficient (Wildman–Crippen LogP) is 7.57. The van der Waals surface area contributed by atoms with Crippen molar-refractivity contribution in [2.24, 2.45) is 47.3 Å². The molecule has 23 heavy (non-hydrogen) atoms. The average molecular weight is 321 g/mol. The smallest absolute Gasteiger partial charge is 0.0337 e. The van der Waals surface area contributed by atoms with Crippen molar-refractivity contribution in [3.63, 3.8) is 0 Å². The summed E-state index contributed by atoms with van der Waals surface area (Å²) in [5.74, 6) is 7.83. The largest absolute Gasteiger partial charge is 0.0625 e. The van der Waals surface area contributed by atoms with Crippen LogP contribution >= 0.6 is 0 Å². The summed E-state index contributed by atoms with van der Waals surface area (Å²) in [6.45, 7) is 14.7. The maximum absolute atomic E-state index is 2.50. The monoisotopic (exact) mass is 320 g/mol. The van der Waals surface area contributed by atoms with Gasteiger partial charge in [-0.1, -0.05) is 80.1 Å². The lowest BCUT2D eigenvalue weighted by Gasteiger charge is -2.27. The standard InChI is InChI=1S/C23H44/c1-16(2)19(6)14-21-12-11-20(15-21)8-7-9-22-13-10-18(5)23(22)17(3)4/h16-23H,7-15H2,1-6H3. The third-order valence-electron chi connectivity index (χ3n) is 7.64. The SMILES string of the molecule is CC(C)C(C)CC1CCC(CCCC2CCC(C)C2C(C)C)C1. The van der Waals surface area contributed by atoms with Gasteiger partial charge in [0.15, 0.2) is 0 Å². The van der Waals surface area contributed by atoms with Crippen LogP contribution in [0.2, 0.25) is 0 Å². The van der Waals surface area contributed by atoms with Crippen LogP contribution in [0.4, 0.5) is 0 Å². The van der Waals surface area contributed by atoms with E-state index in [1.807, 2.05) is 0 Å². The lowest BCUT2D eigenvalue weighted by molar-refractivity contribution is 0.225. The van der Waals surface area contributed by atoms with Crippen molar-refractivity contribution in [3.8, 4) is 0 Å². The van der Waals surface area contributed by atoms with Gasteiger partial charge in [-0.05, 0) is 66.6 Å². The Morgan fingerprint density at radius 3 is 2.17 bits per heavy atom. The van der Waals surface area contributed by atoms with Crippen LogP contribution in [0.25, 0.3) is 0 Å². The van der Waals surface area contributed by atoms with Gasteiger partial charge in [0.1, 0.15) is 0 Å². The van der Waals surface area contributed by atoms with Gasteiger partial charge >= 0.3 is 0 Å². The third kappa shape index (κ3) is 5.50. The molecule has 0 N–H and O–H groups in total. The molecule has 2 saturated carbocycles. The van der Waals surface area contributed by atoms with Crippen LogP contribution in [0.5, 0.6) is 0 Å². The topological polar surface area (TPSA) is 0 Å². The van der Waals surface area contributed by atoms with Gasteiger partial charge in [0.05, 0.1) is 0 Å². The molecule has 2 aliphatic carbocycles. The Morgan fingerprint density at radius 1 is 0.826 bits per heavy atom. The van der Waals surface area contributed by atoms with Gasteiger partial charge < -0.3 is 0 Å². The molecule has 0 heterocycles. The third-order valence-corrected chi connectivity index (χ3v) is 7.64. The molecule has 0 heteroatoms. The summed E-state index contributed by atoms with van der Waals surface area (Å²) in [6, 6.07) is 0. The molecule has 0 spiro atoms. The number of hydrogen-bond donors (Lipinski definition) is 0. The number of rotatable bonds is 8. The van der Waals surface area contributed by atoms with Gasteiger partial charge in [-0.3, -0.25) is 0 Å². The first-order chi connectivity index (χ1) is 10.9. The molecule has 0 radical (unpaired) electrons. The molecule has 2 fully saturated rings. The quantitative estimate of drug-likeness (QED) is 0.432. The van der Waals surface area contributed by atoms with Crippen LogP contribution in [0.1, 0.15) is 99.3 Å². The van der Waals surface area contributed by atoms with Crippen molar-refractivity contribution in [2.45, 2.75) is 99.3 Å². The first-order valence-corrected chi connectivity index (χ1v) is 10.9. The van der Waals surface area contributed by atoms with Crippen LogP contribution in [-0.4, -0.2) is 0 Å². The molecule has 6 atom stereocenters. The minimum absolute atomic E-state index is 0.867. The normalized spacial score (nSPS) is 36.3. The molecule has 136 valence electrons. The van der Waals surface area contributed by atoms with Crippen LogP contribution in [0.15, 0.2) is 0 Å². The molecule has 0 nitrogen and oxygen atoms in total. The molecule has 0 saturated heterocycles. The van der Waals surface area contributed by atoms with Crippen molar-refractivity contribution in [1.29, 1.82) is 0 Å². The molecule has 0 aliphatic heterocycles. The van der Waals surface area contributed by atoms with E-state index >= 15 is 0 Å². The van der Waals surface area contributed by atoms with Gasteiger partial charge in [0.25, 0.3) is 0 Å². The Hall–Kier alpha value is 0. The molecule has 0 bridgehead atoms. The second kappa shape index (κ2) is 8.91. The van der Waals surface area contributed by atoms with Crippen molar-refractivity contribution < 1.29 is 0 Å². The van der Waals surface area contributed by atoms with E-state index in [1.54, 1.807) is 6.42 Å². The molecule has 0 aromatic carbocycles. The highest BCUT2D eigenvalue weighted by molar-refractivity contribution is 4.85. The Labute approximate surface area is 147 Å². The first kappa shape index (κ1) is 19.3. The Morgan fingerprint density at radius 2 is 1.52 bits per heavy atom. The predicted molar refractivity (Wildman–Crippen MR) is 104 cm³/mol. The average Bonchev–Trinajstić information content (AvgIpc) is 3.06. The minimum Gasteiger partial charge on any atom is -0.0625 e. The summed E-state index contributed by atoms with van der Waals surface area (Å²) in [4.78, 5) is 0. The zero-order valence-corrected chi connectivity index (χ0v) is 17.0. The van der Waals surface area contributed by atoms with Gasteiger partial charge in [-0.25, -0.2) is 0 Å². The first-order valence-electron chi connectivity index (χ1n) is 10.9. The van der Waals surface area contributed by atoms with E-state index in [0.717, 1.165) is 47.3 Å². The second-order valence-corrected chi connectivity index (χ2v) is 10.1. The van der Waals surface area contributed by atoms with Crippen molar-refractivity contribution in [2.75, 3.05) is 0 Å². The highest BCUT2D eigenvalue weighted by atomic mass is 14.4. The minimum atomic E-state index is 0.867. The van der Waals surface area contributed by atoms with Gasteiger partial charge in [-0.15, -0.1) is 0 Å². The summed E-state index contributed by atoms with van der Waals surface area (Å²) < 4.78 is 0. The van der Waals surface area contributed by atoms with Crippen molar-refractivity contribution in [3.05, 3.63) is 0 Å². The molecule has 2 aliphatic rings. The molecule has 0 aromatic rings. The lowest BCUT2D eigenvalue weighted by atomic mass is 9.79. The molecular formula is C23H44. The maximum Gasteiger partial charge on any atom is -0.0337 e. The molecular weight excluding hydrogens is 276 g/mol. The van der Waals surface area contributed by atoms with Gasteiger partial charge in [0.2, 0.25) is 0 Å². The van der Waals surface area contributed by atoms with Crippen LogP contribution in [0.3, 0.4) is 0 Å². The van der Waals surface area contributed by atoms with Gasteiger partial charge in [0, 0.05) is 0 Å². The highest BCUT2D eigenvalue weighted by Gasteiger charge is 2.35. The highest BCUT2D eigenvalue weighted by Crippen LogP contribution is 2.45. The van der Waals surface area contributed by atoms with E-state index in [4.69, 9.17) is 0 Å². The fourth-order valence-electron chi connectivity index (χ4n) is 5.99. The Kier molecular flexibility index (Phi) is 7.49. The number of hydrogen-bond acceptors (Lipinski definition) is 0. The molecule has 0 amide bonds. The van der Waals surface area contributed by atoms with Crippen LogP contribution in [0, 0.1) is 47.3 Å². The van der Waals surface area contributed by atoms with Gasteiger partial charge in [-0.2, -0.15) is 0 Å². The van der Waals surface area contributed by atoms with E-state index in [2.05, 4.69) is 41.5 Å². The zero-order valence-electron chi connectivity index (χ0n) is 17.0. The molecule has 0 aromatic heterocycles. The molecule has 6 unspecified atom stereocenters. The van der Waals surface area contributed by atoms with E-state index in [0.29, 0.717) is 0 Å². The fourth-order valence-corrected chi connectivity index (χ4v) is 5.99. The van der Waals surface area contributed by atoms with Crippen LogP contribution in [-0.2, 0) is 0 Å². The van der Waals surface area contributed by atoms with E-state index in [9.17, 15) is 0 Å². The Bertz CT molecular complexity index is 329. The van der Waals surface area contributed by atoms with E-state index in [1.165, 1.54) is 51.4 Å². The van der Waals surface area contributed by atoms with Crippen molar-refractivity contribution >= 4 is 0 Å². The molecule has 2 rings (SSSR count). The maximum atomic E-state index is 2.50. The summed E-state index contributed by atoms with van der Waals surface area (Å²) in [5, 5.41) is 0. The zero-order chi connectivity index (χ0) is 17.0. The Balaban J connectivity index is 1.66. The summed E-state index contributed by atoms with van der Waals surface area (Å²) >= 11 is 0. The van der Waals surface area contributed by atoms with Crippen molar-refractivity contribution in [1.82, 2.24) is 0 Å². The van der Waals surface area contributed by atoms with E-state index < -0.39 is 0 Å². The fraction of sp³-hybridized carbons (Fsp3) is 1.00. The van der Waals surface area contributed by atoms with Crippen LogP contribution < -0.4 is 0 Å². The second-order valence-electron chi connectivity index (χ2n) is 10.1. The summed E-state index contributed by atoms with van der Waals surface area (Å²) in [7, 11) is 0.